The monoisotopic (exact) mass is 516 g/mol. The molecule has 15 nitrogen and oxygen atoms in total. The third kappa shape index (κ3) is 6.43. The molecule has 0 aliphatic carbocycles. The molecule has 1 aromatic heterocycles. The van der Waals surface area contributed by atoms with Gasteiger partial charge in [-0.2, -0.15) is 4.31 Å². The first kappa shape index (κ1) is 25.6. The molecule has 0 amide bonds. The summed E-state index contributed by atoms with van der Waals surface area (Å²) in [6.45, 7) is -4.76. The van der Waals surface area contributed by atoms with Crippen LogP contribution in [0.2, 0.25) is 0 Å². The van der Waals surface area contributed by atoms with Crippen molar-refractivity contribution in [3.8, 4) is 0 Å². The number of aliphatic hydroxyl groups is 1. The summed E-state index contributed by atoms with van der Waals surface area (Å²) in [6, 6.07) is 0.901. The second kappa shape index (κ2) is 8.71. The van der Waals surface area contributed by atoms with Crippen LogP contribution >= 0.6 is 22.4 Å². The lowest BCUT2D eigenvalue weighted by molar-refractivity contribution is -0.0593. The zero-order valence-corrected chi connectivity index (χ0v) is 18.2. The van der Waals surface area contributed by atoms with Crippen molar-refractivity contribution in [1.82, 2.24) is 9.55 Å². The molecule has 1 aliphatic rings. The SMILES string of the molecule is C[C@@]1(F)[C@H](O)[C@@H](CO[P@@](O)(=S)OP(=O)(O)OP(=O)(O)O)O[C@H]1n1ccc(=O)[nH]c1=O. The standard InChI is InChI=1S/C10H16FN2O13P3S/c1-10(11)7(15)5(24-8(10)13-3-2-6(14)12-9(13)16)4-23-29(22,30)26-28(20,21)25-27(17,18)19/h2-3,5,7-8,15H,4H2,1H3,(H,20,21)(H,22,30)(H,12,14,16)(H2,17,18,19)/t5-,7-,8-,10-,29-/m1/s1. The minimum absolute atomic E-state index is 0.645. The van der Waals surface area contributed by atoms with Crippen LogP contribution in [0, 0.1) is 0 Å². The number of nitrogens with one attached hydrogen (secondary N) is 1. The number of hydrogen-bond donors (Lipinski definition) is 6. The number of hydrogen-bond acceptors (Lipinski definition) is 10. The number of ether oxygens (including phenoxy) is 1. The van der Waals surface area contributed by atoms with Crippen molar-refractivity contribution in [2.75, 3.05) is 6.61 Å². The van der Waals surface area contributed by atoms with E-state index in [2.05, 4.69) is 25.0 Å². The van der Waals surface area contributed by atoms with Gasteiger partial charge in [-0.05, 0) is 18.7 Å². The Hall–Kier alpha value is -0.640. The largest absolute Gasteiger partial charge is 0.488 e. The first-order valence-corrected chi connectivity index (χ1v) is 13.2. The average Bonchev–Trinajstić information content (AvgIpc) is 2.73. The summed E-state index contributed by atoms with van der Waals surface area (Å²) in [4.78, 5) is 60.8. The predicted molar refractivity (Wildman–Crippen MR) is 97.2 cm³/mol. The van der Waals surface area contributed by atoms with Crippen molar-refractivity contribution in [3.63, 3.8) is 0 Å². The Bertz CT molecular complexity index is 1050. The van der Waals surface area contributed by atoms with Gasteiger partial charge in [-0.1, -0.05) is 0 Å². The molecule has 30 heavy (non-hydrogen) atoms. The Morgan fingerprint density at radius 2 is 1.90 bits per heavy atom. The smallest absolute Gasteiger partial charge is 0.387 e. The quantitative estimate of drug-likeness (QED) is 0.228. The summed E-state index contributed by atoms with van der Waals surface area (Å²) in [7, 11) is -11.1. The highest BCUT2D eigenvalue weighted by Crippen LogP contribution is 2.66. The zero-order chi connectivity index (χ0) is 23.1. The van der Waals surface area contributed by atoms with Crippen LogP contribution in [0.4, 0.5) is 4.39 Å². The van der Waals surface area contributed by atoms with E-state index >= 15 is 0 Å². The summed E-state index contributed by atoms with van der Waals surface area (Å²) in [5, 5.41) is 10.1. The summed E-state index contributed by atoms with van der Waals surface area (Å²) in [5.41, 5.74) is -4.42. The van der Waals surface area contributed by atoms with E-state index in [-0.39, 0.29) is 0 Å². The topological polar surface area (TPSA) is 227 Å². The maximum Gasteiger partial charge on any atom is 0.488 e. The van der Waals surface area contributed by atoms with Crippen LogP contribution < -0.4 is 11.2 Å². The van der Waals surface area contributed by atoms with Gasteiger partial charge in [0.15, 0.2) is 11.9 Å². The maximum absolute atomic E-state index is 15.0. The number of nitrogens with zero attached hydrogens (tertiary/aromatic N) is 1. The molecular weight excluding hydrogens is 500 g/mol. The molecule has 172 valence electrons. The average molecular weight is 516 g/mol. The van der Waals surface area contributed by atoms with Gasteiger partial charge in [0.05, 0.1) is 6.61 Å². The first-order valence-electron chi connectivity index (χ1n) is 7.56. The van der Waals surface area contributed by atoms with Crippen LogP contribution in [-0.2, 0) is 38.8 Å². The Kier molecular flexibility index (Phi) is 7.44. The Morgan fingerprint density at radius 1 is 1.30 bits per heavy atom. The molecular formula is C10H16FN2O13P3S. The van der Waals surface area contributed by atoms with Crippen molar-refractivity contribution in [1.29, 1.82) is 0 Å². The van der Waals surface area contributed by atoms with Crippen molar-refractivity contribution in [2.24, 2.45) is 0 Å². The zero-order valence-electron chi connectivity index (χ0n) is 14.7. The number of H-pyrrole nitrogens is 1. The molecule has 1 aliphatic heterocycles. The third-order valence-electron chi connectivity index (χ3n) is 3.64. The van der Waals surface area contributed by atoms with Crippen LogP contribution in [0.3, 0.4) is 0 Å². The molecule has 1 unspecified atom stereocenters. The van der Waals surface area contributed by atoms with E-state index in [9.17, 15) is 38.0 Å². The van der Waals surface area contributed by atoms with E-state index in [0.717, 1.165) is 19.2 Å². The fourth-order valence-corrected chi connectivity index (χ4v) is 6.40. The third-order valence-corrected chi connectivity index (χ3v) is 8.36. The van der Waals surface area contributed by atoms with Crippen molar-refractivity contribution < 1.29 is 56.1 Å². The van der Waals surface area contributed by atoms with Crippen LogP contribution in [0.1, 0.15) is 13.2 Å². The van der Waals surface area contributed by atoms with Gasteiger partial charge in [-0.25, -0.2) is 22.6 Å². The summed E-state index contributed by atoms with van der Waals surface area (Å²) >= 11 is 4.40. The molecule has 0 aromatic carbocycles. The Morgan fingerprint density at radius 3 is 2.43 bits per heavy atom. The van der Waals surface area contributed by atoms with Gasteiger partial charge in [0.25, 0.3) is 5.56 Å². The van der Waals surface area contributed by atoms with Gasteiger partial charge >= 0.3 is 28.1 Å². The van der Waals surface area contributed by atoms with E-state index in [1.54, 1.807) is 0 Å². The molecule has 0 spiro atoms. The molecule has 2 heterocycles. The molecule has 0 bridgehead atoms. The minimum Gasteiger partial charge on any atom is -0.387 e. The molecule has 1 saturated heterocycles. The molecule has 6 atom stereocenters. The highest BCUT2D eigenvalue weighted by Gasteiger charge is 2.55. The minimum atomic E-state index is -5.56. The molecule has 1 fully saturated rings. The van der Waals surface area contributed by atoms with Crippen molar-refractivity contribution >= 4 is 34.2 Å². The number of rotatable bonds is 8. The van der Waals surface area contributed by atoms with E-state index in [1.807, 2.05) is 4.98 Å². The highest BCUT2D eigenvalue weighted by molar-refractivity contribution is 8.08. The summed E-state index contributed by atoms with van der Waals surface area (Å²) in [5.74, 6) is 0. The number of aromatic nitrogens is 2. The normalized spacial score (nSPS) is 31.2. The van der Waals surface area contributed by atoms with Crippen LogP contribution in [-0.4, -0.2) is 58.7 Å². The van der Waals surface area contributed by atoms with Gasteiger partial charge in [0.2, 0.25) is 0 Å². The van der Waals surface area contributed by atoms with Gasteiger partial charge in [-0.15, -0.1) is 0 Å². The molecule has 1 aromatic rings. The second-order valence-corrected chi connectivity index (χ2v) is 11.8. The van der Waals surface area contributed by atoms with Crippen LogP contribution in [0.15, 0.2) is 21.9 Å². The van der Waals surface area contributed by atoms with Gasteiger partial charge in [0.1, 0.15) is 12.2 Å². The number of phosphoric acid groups is 2. The van der Waals surface area contributed by atoms with E-state index in [0.29, 0.717) is 4.57 Å². The van der Waals surface area contributed by atoms with E-state index in [1.165, 1.54) is 0 Å². The lowest BCUT2D eigenvalue weighted by Crippen LogP contribution is -2.43. The maximum atomic E-state index is 15.0. The Labute approximate surface area is 171 Å². The Balaban J connectivity index is 2.13. The van der Waals surface area contributed by atoms with Gasteiger partial charge in [0, 0.05) is 12.3 Å². The number of halogens is 1. The van der Waals surface area contributed by atoms with Crippen LogP contribution in [0.5, 0.6) is 0 Å². The number of aromatic amines is 1. The predicted octanol–water partition coefficient (Wildman–Crippen LogP) is -1.02. The lowest BCUT2D eigenvalue weighted by Gasteiger charge is -2.24. The second-order valence-electron chi connectivity index (χ2n) is 6.03. The molecule has 20 heteroatoms. The fourth-order valence-electron chi connectivity index (χ4n) is 2.43. The van der Waals surface area contributed by atoms with Gasteiger partial charge < -0.3 is 33.9 Å². The van der Waals surface area contributed by atoms with Crippen LogP contribution in [0.25, 0.3) is 0 Å². The molecule has 2 rings (SSSR count). The fraction of sp³-hybridized carbons (Fsp3) is 0.600. The van der Waals surface area contributed by atoms with E-state index < -0.39 is 64.3 Å². The summed E-state index contributed by atoms with van der Waals surface area (Å²) in [6.07, 6.45) is -4.39. The number of aliphatic hydroxyl groups excluding tert-OH is 1. The van der Waals surface area contributed by atoms with E-state index in [4.69, 9.17) is 14.5 Å². The van der Waals surface area contributed by atoms with Crippen molar-refractivity contribution in [3.05, 3.63) is 33.1 Å². The lowest BCUT2D eigenvalue weighted by atomic mass is 9.98. The molecule has 0 radical (unpaired) electrons. The number of alkyl halides is 1. The highest BCUT2D eigenvalue weighted by atomic mass is 32.5. The van der Waals surface area contributed by atoms with Gasteiger partial charge in [-0.3, -0.25) is 14.3 Å². The molecule has 0 saturated carbocycles. The molecule has 6 N–H and O–H groups in total. The first-order chi connectivity index (χ1) is 13.4. The van der Waals surface area contributed by atoms with Crippen molar-refractivity contribution in [2.45, 2.75) is 31.0 Å². The summed E-state index contributed by atoms with van der Waals surface area (Å²) < 4.78 is 55.0.